The lowest BCUT2D eigenvalue weighted by Gasteiger charge is -2.15. The summed E-state index contributed by atoms with van der Waals surface area (Å²) in [6, 6.07) is 61.7. The van der Waals surface area contributed by atoms with Gasteiger partial charge < -0.3 is 8.98 Å². The molecular weight excluding hydrogens is 711 g/mol. The fourth-order valence-electron chi connectivity index (χ4n) is 8.66. The lowest BCUT2D eigenvalue weighted by molar-refractivity contribution is 0.667. The highest BCUT2D eigenvalue weighted by Crippen LogP contribution is 2.39. The van der Waals surface area contributed by atoms with E-state index in [1.54, 1.807) is 12.4 Å². The maximum absolute atomic E-state index is 6.26. The number of hydrogen-bond acceptors (Lipinski definition) is 5. The van der Waals surface area contributed by atoms with Crippen molar-refractivity contribution in [3.63, 3.8) is 0 Å². The van der Waals surface area contributed by atoms with Crippen LogP contribution < -0.4 is 0 Å². The van der Waals surface area contributed by atoms with E-state index in [1.807, 2.05) is 12.1 Å². The summed E-state index contributed by atoms with van der Waals surface area (Å²) in [5.74, 6) is 1.75. The largest absolute Gasteiger partial charge is 0.454 e. The van der Waals surface area contributed by atoms with Crippen LogP contribution in [0.15, 0.2) is 193 Å². The summed E-state index contributed by atoms with van der Waals surface area (Å²) < 4.78 is 8.63. The molecule has 4 aromatic heterocycles. The fourth-order valence-corrected chi connectivity index (χ4v) is 8.66. The van der Waals surface area contributed by atoms with Crippen LogP contribution in [0.4, 0.5) is 0 Å². The Morgan fingerprint density at radius 1 is 0.379 bits per heavy atom. The van der Waals surface area contributed by atoms with Crippen LogP contribution in [0.3, 0.4) is 0 Å². The monoisotopic (exact) mass is 741 g/mol. The average molecular weight is 742 g/mol. The van der Waals surface area contributed by atoms with Gasteiger partial charge in [-0.25, -0.2) is 15.0 Å². The fraction of sp³-hybridized carbons (Fsp3) is 0. The molecule has 0 spiro atoms. The van der Waals surface area contributed by atoms with Crippen molar-refractivity contribution in [2.75, 3.05) is 0 Å². The van der Waals surface area contributed by atoms with Crippen LogP contribution in [-0.2, 0) is 0 Å². The van der Waals surface area contributed by atoms with Gasteiger partial charge in [-0.2, -0.15) is 0 Å². The highest BCUT2D eigenvalue weighted by molar-refractivity contribution is 6.11. The number of pyridine rings is 1. The zero-order valence-corrected chi connectivity index (χ0v) is 31.0. The second kappa shape index (κ2) is 12.8. The Bertz CT molecular complexity index is 3520. The first-order valence-corrected chi connectivity index (χ1v) is 19.4. The van der Waals surface area contributed by atoms with Gasteiger partial charge in [-0.05, 0) is 69.8 Å². The molecule has 0 radical (unpaired) electrons. The molecule has 0 saturated heterocycles. The molecule has 0 bridgehead atoms. The van der Waals surface area contributed by atoms with Crippen LogP contribution in [0.2, 0.25) is 0 Å². The van der Waals surface area contributed by atoms with Gasteiger partial charge in [0.1, 0.15) is 5.58 Å². The van der Waals surface area contributed by atoms with E-state index in [9.17, 15) is 0 Å². The van der Waals surface area contributed by atoms with E-state index < -0.39 is 0 Å². The van der Waals surface area contributed by atoms with E-state index in [-0.39, 0.29) is 0 Å². The second-order valence-corrected chi connectivity index (χ2v) is 14.6. The minimum atomic E-state index is 0.564. The molecule has 8 aromatic carbocycles. The third kappa shape index (κ3) is 5.05. The van der Waals surface area contributed by atoms with Crippen molar-refractivity contribution < 1.29 is 4.42 Å². The molecule has 0 fully saturated rings. The molecule has 0 unspecified atom stereocenters. The molecule has 0 N–H and O–H groups in total. The Labute approximate surface area is 332 Å². The molecule has 58 heavy (non-hydrogen) atoms. The highest BCUT2D eigenvalue weighted by atomic mass is 16.3. The Morgan fingerprint density at radius 3 is 1.78 bits per heavy atom. The van der Waals surface area contributed by atoms with E-state index in [0.29, 0.717) is 17.5 Å². The summed E-state index contributed by atoms with van der Waals surface area (Å²) in [6.45, 7) is 0. The number of para-hydroxylation sites is 2. The molecule has 6 nitrogen and oxygen atoms in total. The lowest BCUT2D eigenvalue weighted by atomic mass is 9.97. The molecular formula is C52H31N5O. The van der Waals surface area contributed by atoms with E-state index >= 15 is 0 Å². The van der Waals surface area contributed by atoms with Crippen LogP contribution >= 0.6 is 0 Å². The molecule has 12 aromatic rings. The molecule has 0 saturated carbocycles. The smallest absolute Gasteiger partial charge is 0.164 e. The Kier molecular flexibility index (Phi) is 7.13. The molecule has 0 aliphatic heterocycles. The molecule has 12 rings (SSSR count). The van der Waals surface area contributed by atoms with E-state index in [2.05, 4.69) is 173 Å². The first-order chi connectivity index (χ1) is 28.7. The zero-order chi connectivity index (χ0) is 38.2. The normalized spacial score (nSPS) is 11.8. The van der Waals surface area contributed by atoms with Crippen molar-refractivity contribution >= 4 is 65.3 Å². The van der Waals surface area contributed by atoms with Crippen molar-refractivity contribution in [2.24, 2.45) is 0 Å². The predicted molar refractivity (Wildman–Crippen MR) is 236 cm³/mol. The van der Waals surface area contributed by atoms with Gasteiger partial charge in [-0.15, -0.1) is 0 Å². The van der Waals surface area contributed by atoms with Crippen LogP contribution in [0.5, 0.6) is 0 Å². The van der Waals surface area contributed by atoms with Crippen molar-refractivity contribution in [3.8, 4) is 51.0 Å². The Hall–Kier alpha value is -7.96. The number of aromatic nitrogens is 5. The summed E-state index contributed by atoms with van der Waals surface area (Å²) >= 11 is 0. The number of furan rings is 1. The van der Waals surface area contributed by atoms with Crippen molar-refractivity contribution in [2.45, 2.75) is 0 Å². The molecule has 270 valence electrons. The maximum Gasteiger partial charge on any atom is 0.164 e. The molecule has 0 amide bonds. The third-order valence-corrected chi connectivity index (χ3v) is 11.4. The van der Waals surface area contributed by atoms with Gasteiger partial charge in [0.15, 0.2) is 23.1 Å². The number of benzene rings is 8. The van der Waals surface area contributed by atoms with Crippen LogP contribution in [0.1, 0.15) is 0 Å². The zero-order valence-electron chi connectivity index (χ0n) is 31.0. The predicted octanol–water partition coefficient (Wildman–Crippen LogP) is 13.2. The SMILES string of the molecule is c1ccc2c(-c3ccc(-c4nc(-c5ccc6c(c5)oc5cnccc56)nc(-c5ccc(-n6c7ccccc7c7ccccc76)c6ccccc56)n4)cc3)cccc2c1. The minimum Gasteiger partial charge on any atom is -0.454 e. The van der Waals surface area contributed by atoms with Gasteiger partial charge in [0.25, 0.3) is 0 Å². The van der Waals surface area contributed by atoms with E-state index in [4.69, 9.17) is 19.4 Å². The first kappa shape index (κ1) is 32.3. The van der Waals surface area contributed by atoms with Gasteiger partial charge in [-0.1, -0.05) is 133 Å². The minimum absolute atomic E-state index is 0.564. The van der Waals surface area contributed by atoms with Crippen molar-refractivity contribution in [1.29, 1.82) is 0 Å². The van der Waals surface area contributed by atoms with Gasteiger partial charge >= 0.3 is 0 Å². The van der Waals surface area contributed by atoms with E-state index in [0.717, 1.165) is 71.7 Å². The van der Waals surface area contributed by atoms with Crippen LogP contribution in [0.25, 0.3) is 116 Å². The number of nitrogens with zero attached hydrogens (tertiary/aromatic N) is 5. The maximum atomic E-state index is 6.26. The second-order valence-electron chi connectivity index (χ2n) is 14.6. The molecule has 0 atom stereocenters. The average Bonchev–Trinajstić information content (AvgIpc) is 3.84. The number of fused-ring (bicyclic) bond motifs is 8. The molecule has 0 aliphatic rings. The quantitative estimate of drug-likeness (QED) is 0.176. The van der Waals surface area contributed by atoms with Crippen LogP contribution in [0, 0.1) is 0 Å². The number of rotatable bonds is 5. The topological polar surface area (TPSA) is 69.6 Å². The first-order valence-electron chi connectivity index (χ1n) is 19.4. The van der Waals surface area contributed by atoms with Gasteiger partial charge in [-0.3, -0.25) is 4.98 Å². The summed E-state index contributed by atoms with van der Waals surface area (Å²) in [5.41, 5.74) is 9.90. The Balaban J connectivity index is 1.05. The van der Waals surface area contributed by atoms with E-state index in [1.165, 1.54) is 27.1 Å². The van der Waals surface area contributed by atoms with Gasteiger partial charge in [0.2, 0.25) is 0 Å². The van der Waals surface area contributed by atoms with Crippen molar-refractivity contribution in [3.05, 3.63) is 188 Å². The standard InChI is InChI=1S/C52H31N5O/c1-2-12-36-32(10-1)11-9-17-37(36)33-20-22-34(23-21-33)50-54-51(35-24-25-42-43-28-29-53-31-49(43)58-48(42)30-35)56-52(55-50)44-26-27-47(39-14-4-3-13-38(39)44)57-45-18-7-5-15-40(45)41-16-6-8-19-46(41)57/h1-31H. The van der Waals surface area contributed by atoms with Crippen LogP contribution in [-0.4, -0.2) is 24.5 Å². The summed E-state index contributed by atoms with van der Waals surface area (Å²) in [5, 5.41) is 9.08. The Morgan fingerprint density at radius 2 is 0.983 bits per heavy atom. The summed E-state index contributed by atoms with van der Waals surface area (Å²) in [7, 11) is 0. The van der Waals surface area contributed by atoms with Gasteiger partial charge in [0, 0.05) is 49.8 Å². The van der Waals surface area contributed by atoms with Gasteiger partial charge in [0.05, 0.1) is 22.9 Å². The molecule has 6 heteroatoms. The lowest BCUT2D eigenvalue weighted by Crippen LogP contribution is -2.02. The third-order valence-electron chi connectivity index (χ3n) is 11.4. The molecule has 4 heterocycles. The molecule has 0 aliphatic carbocycles. The number of hydrogen-bond donors (Lipinski definition) is 0. The summed E-state index contributed by atoms with van der Waals surface area (Å²) in [4.78, 5) is 19.9. The van der Waals surface area contributed by atoms with Crippen molar-refractivity contribution in [1.82, 2.24) is 24.5 Å². The summed E-state index contributed by atoms with van der Waals surface area (Å²) in [6.07, 6.45) is 3.54. The highest BCUT2D eigenvalue weighted by Gasteiger charge is 2.19.